The molecule has 120 valence electrons. The number of rotatable bonds is 9. The van der Waals surface area contributed by atoms with Crippen LogP contribution in [-0.4, -0.2) is 29.7 Å². The van der Waals surface area contributed by atoms with E-state index in [2.05, 4.69) is 10.6 Å². The van der Waals surface area contributed by atoms with E-state index in [0.29, 0.717) is 19.4 Å². The van der Waals surface area contributed by atoms with Crippen molar-refractivity contribution in [3.05, 3.63) is 35.9 Å². The van der Waals surface area contributed by atoms with Gasteiger partial charge in [-0.3, -0.25) is 4.79 Å². The van der Waals surface area contributed by atoms with E-state index in [4.69, 9.17) is 5.11 Å². The Morgan fingerprint density at radius 2 is 1.95 bits per heavy atom. The number of urea groups is 1. The van der Waals surface area contributed by atoms with Gasteiger partial charge in [0, 0.05) is 19.0 Å². The summed E-state index contributed by atoms with van der Waals surface area (Å²) in [6.45, 7) is 0.688. The smallest absolute Gasteiger partial charge is 0.315 e. The van der Waals surface area contributed by atoms with Gasteiger partial charge in [-0.2, -0.15) is 0 Å². The SMILES string of the molecule is O=C(O)CCC(Cc1ccccc1)NC(=O)NCCC1CC1. The zero-order valence-corrected chi connectivity index (χ0v) is 12.8. The molecule has 0 aromatic heterocycles. The highest BCUT2D eigenvalue weighted by atomic mass is 16.4. The van der Waals surface area contributed by atoms with Gasteiger partial charge in [-0.15, -0.1) is 0 Å². The van der Waals surface area contributed by atoms with Crippen LogP contribution in [0.2, 0.25) is 0 Å². The summed E-state index contributed by atoms with van der Waals surface area (Å²) in [4.78, 5) is 22.7. The average molecular weight is 304 g/mol. The zero-order valence-electron chi connectivity index (χ0n) is 12.8. The lowest BCUT2D eigenvalue weighted by atomic mass is 10.0. The first-order valence-corrected chi connectivity index (χ1v) is 7.93. The van der Waals surface area contributed by atoms with Crippen molar-refractivity contribution in [3.63, 3.8) is 0 Å². The molecule has 0 heterocycles. The van der Waals surface area contributed by atoms with Gasteiger partial charge in [-0.1, -0.05) is 43.2 Å². The van der Waals surface area contributed by atoms with Gasteiger partial charge in [-0.25, -0.2) is 4.79 Å². The number of carbonyl (C=O) groups excluding carboxylic acids is 1. The number of carboxylic acid groups (broad SMARTS) is 1. The Bertz CT molecular complexity index is 486. The Hall–Kier alpha value is -2.04. The predicted octanol–water partition coefficient (Wildman–Crippen LogP) is 2.56. The summed E-state index contributed by atoms with van der Waals surface area (Å²) in [6, 6.07) is 9.43. The van der Waals surface area contributed by atoms with Crippen molar-refractivity contribution in [1.29, 1.82) is 0 Å². The lowest BCUT2D eigenvalue weighted by Gasteiger charge is -2.18. The molecule has 5 heteroatoms. The minimum atomic E-state index is -0.839. The van der Waals surface area contributed by atoms with E-state index in [1.165, 1.54) is 12.8 Å². The van der Waals surface area contributed by atoms with Crippen molar-refractivity contribution in [2.75, 3.05) is 6.54 Å². The molecule has 1 fully saturated rings. The summed E-state index contributed by atoms with van der Waals surface area (Å²) in [5.74, 6) is -0.0542. The standard InChI is InChI=1S/C17H24N2O3/c20-16(21)9-8-15(12-14-4-2-1-3-5-14)19-17(22)18-11-10-13-6-7-13/h1-5,13,15H,6-12H2,(H,20,21)(H2,18,19,22). The van der Waals surface area contributed by atoms with Crippen LogP contribution in [-0.2, 0) is 11.2 Å². The van der Waals surface area contributed by atoms with Crippen LogP contribution in [0.25, 0.3) is 0 Å². The highest BCUT2D eigenvalue weighted by Gasteiger charge is 2.21. The Morgan fingerprint density at radius 3 is 2.59 bits per heavy atom. The van der Waals surface area contributed by atoms with E-state index < -0.39 is 5.97 Å². The third-order valence-electron chi connectivity index (χ3n) is 3.90. The van der Waals surface area contributed by atoms with Gasteiger partial charge in [-0.05, 0) is 30.7 Å². The van der Waals surface area contributed by atoms with E-state index in [0.717, 1.165) is 17.9 Å². The van der Waals surface area contributed by atoms with Crippen molar-refractivity contribution in [3.8, 4) is 0 Å². The number of carbonyl (C=O) groups is 2. The van der Waals surface area contributed by atoms with Crippen LogP contribution < -0.4 is 10.6 Å². The number of hydrogen-bond donors (Lipinski definition) is 3. The van der Waals surface area contributed by atoms with Crippen LogP contribution in [0.3, 0.4) is 0 Å². The first kappa shape index (κ1) is 16.3. The van der Waals surface area contributed by atoms with Gasteiger partial charge in [0.05, 0.1) is 0 Å². The summed E-state index contributed by atoms with van der Waals surface area (Å²) in [5, 5.41) is 14.6. The monoisotopic (exact) mass is 304 g/mol. The summed E-state index contributed by atoms with van der Waals surface area (Å²) in [7, 11) is 0. The van der Waals surface area contributed by atoms with Gasteiger partial charge in [0.15, 0.2) is 0 Å². The molecule has 2 rings (SSSR count). The molecule has 3 N–H and O–H groups in total. The molecule has 1 aromatic rings. The summed E-state index contributed by atoms with van der Waals surface area (Å²) >= 11 is 0. The van der Waals surface area contributed by atoms with Crippen molar-refractivity contribution in [2.24, 2.45) is 5.92 Å². The molecule has 22 heavy (non-hydrogen) atoms. The van der Waals surface area contributed by atoms with Crippen molar-refractivity contribution >= 4 is 12.0 Å². The van der Waals surface area contributed by atoms with Gasteiger partial charge >= 0.3 is 12.0 Å². The second kappa shape index (κ2) is 8.41. The number of hydrogen-bond acceptors (Lipinski definition) is 2. The predicted molar refractivity (Wildman–Crippen MR) is 84.7 cm³/mol. The van der Waals surface area contributed by atoms with Gasteiger partial charge in [0.1, 0.15) is 0 Å². The van der Waals surface area contributed by atoms with Crippen molar-refractivity contribution < 1.29 is 14.7 Å². The molecule has 0 saturated heterocycles. The van der Waals surface area contributed by atoms with Crippen LogP contribution >= 0.6 is 0 Å². The van der Waals surface area contributed by atoms with Crippen LogP contribution in [0, 0.1) is 5.92 Å². The highest BCUT2D eigenvalue weighted by Crippen LogP contribution is 2.31. The van der Waals surface area contributed by atoms with E-state index in [9.17, 15) is 9.59 Å². The quantitative estimate of drug-likeness (QED) is 0.656. The second-order valence-corrected chi connectivity index (χ2v) is 5.95. The molecule has 1 atom stereocenters. The highest BCUT2D eigenvalue weighted by molar-refractivity contribution is 5.74. The van der Waals surface area contributed by atoms with Gasteiger partial charge < -0.3 is 15.7 Å². The van der Waals surface area contributed by atoms with E-state index in [1.807, 2.05) is 30.3 Å². The molecule has 5 nitrogen and oxygen atoms in total. The molecule has 2 amide bonds. The number of carboxylic acids is 1. The number of amides is 2. The number of aliphatic carboxylic acids is 1. The maximum Gasteiger partial charge on any atom is 0.315 e. The van der Waals surface area contributed by atoms with Crippen LogP contribution in [0.4, 0.5) is 4.79 Å². The third-order valence-corrected chi connectivity index (χ3v) is 3.90. The molecule has 0 aliphatic heterocycles. The largest absolute Gasteiger partial charge is 0.481 e. The maximum absolute atomic E-state index is 11.9. The lowest BCUT2D eigenvalue weighted by molar-refractivity contribution is -0.137. The average Bonchev–Trinajstić information content (AvgIpc) is 3.30. The first-order valence-electron chi connectivity index (χ1n) is 7.93. The fraction of sp³-hybridized carbons (Fsp3) is 0.529. The maximum atomic E-state index is 11.9. The number of benzene rings is 1. The molecular weight excluding hydrogens is 280 g/mol. The molecule has 0 bridgehead atoms. The van der Waals surface area contributed by atoms with Crippen molar-refractivity contribution in [1.82, 2.24) is 10.6 Å². The Balaban J connectivity index is 1.79. The Morgan fingerprint density at radius 1 is 1.23 bits per heavy atom. The van der Waals surface area contributed by atoms with Crippen LogP contribution in [0.15, 0.2) is 30.3 Å². The van der Waals surface area contributed by atoms with Gasteiger partial charge in [0.25, 0.3) is 0 Å². The van der Waals surface area contributed by atoms with Crippen molar-refractivity contribution in [2.45, 2.75) is 44.6 Å². The zero-order chi connectivity index (χ0) is 15.8. The molecule has 1 aliphatic rings. The summed E-state index contributed by atoms with van der Waals surface area (Å²) in [6.07, 6.45) is 4.72. The molecule has 1 aliphatic carbocycles. The summed E-state index contributed by atoms with van der Waals surface area (Å²) in [5.41, 5.74) is 1.09. The molecular formula is C17H24N2O3. The minimum absolute atomic E-state index is 0.0554. The number of nitrogens with one attached hydrogen (secondary N) is 2. The molecule has 0 radical (unpaired) electrons. The summed E-state index contributed by atoms with van der Waals surface area (Å²) < 4.78 is 0. The molecule has 0 spiro atoms. The second-order valence-electron chi connectivity index (χ2n) is 5.95. The molecule has 1 aromatic carbocycles. The van der Waals surface area contributed by atoms with E-state index in [-0.39, 0.29) is 18.5 Å². The Kier molecular flexibility index (Phi) is 6.25. The normalized spacial score (nSPS) is 15.1. The fourth-order valence-corrected chi connectivity index (χ4v) is 2.45. The third kappa shape index (κ3) is 6.61. The molecule has 1 saturated carbocycles. The topological polar surface area (TPSA) is 78.4 Å². The fourth-order valence-electron chi connectivity index (χ4n) is 2.45. The lowest BCUT2D eigenvalue weighted by Crippen LogP contribution is -2.43. The first-order chi connectivity index (χ1) is 10.6. The van der Waals surface area contributed by atoms with Crippen LogP contribution in [0.5, 0.6) is 0 Å². The Labute approximate surface area is 131 Å². The molecule has 1 unspecified atom stereocenters. The minimum Gasteiger partial charge on any atom is -0.481 e. The van der Waals surface area contributed by atoms with E-state index >= 15 is 0 Å². The van der Waals surface area contributed by atoms with Crippen LogP contribution in [0.1, 0.15) is 37.7 Å². The van der Waals surface area contributed by atoms with E-state index in [1.54, 1.807) is 0 Å². The van der Waals surface area contributed by atoms with Gasteiger partial charge in [0.2, 0.25) is 0 Å².